The van der Waals surface area contributed by atoms with Crippen LogP contribution in [0.5, 0.6) is 0 Å². The SMILES string of the molecule is O=C(O)c1cc2c(S(=O)(=O)O)c(C(=O)O)c(C(=O)O)c(C(=O)O)c2c(C(=O)O)c1C(=O)O. The summed E-state index contributed by atoms with van der Waals surface area (Å²) in [6.45, 7) is 0. The molecular formula is C16H8O15S. The Morgan fingerprint density at radius 2 is 0.938 bits per heavy atom. The number of carboxylic acid groups (broad SMARTS) is 6. The van der Waals surface area contributed by atoms with Gasteiger partial charge in [0.1, 0.15) is 4.90 Å². The smallest absolute Gasteiger partial charge is 0.338 e. The number of rotatable bonds is 7. The molecule has 0 spiro atoms. The summed E-state index contributed by atoms with van der Waals surface area (Å²) in [5.74, 6) is -13.8. The molecule has 0 amide bonds. The third-order valence-electron chi connectivity index (χ3n) is 4.11. The maximum absolute atomic E-state index is 11.9. The molecule has 2 aromatic carbocycles. The van der Waals surface area contributed by atoms with Crippen molar-refractivity contribution in [3.05, 3.63) is 39.4 Å². The number of benzene rings is 2. The van der Waals surface area contributed by atoms with Crippen molar-refractivity contribution >= 4 is 56.7 Å². The van der Waals surface area contributed by atoms with E-state index in [4.69, 9.17) is 0 Å². The predicted molar refractivity (Wildman–Crippen MR) is 95.5 cm³/mol. The minimum absolute atomic E-state index is 0.112. The average molecular weight is 472 g/mol. The fraction of sp³-hybridized carbons (Fsp3) is 0. The van der Waals surface area contributed by atoms with Crippen LogP contribution in [-0.2, 0) is 10.1 Å². The second-order valence-electron chi connectivity index (χ2n) is 5.86. The summed E-state index contributed by atoms with van der Waals surface area (Å²) in [4.78, 5) is 68.3. The average Bonchev–Trinajstić information content (AvgIpc) is 2.62. The molecule has 0 heterocycles. The lowest BCUT2D eigenvalue weighted by molar-refractivity contribution is 0.0629. The molecule has 16 heteroatoms. The van der Waals surface area contributed by atoms with Crippen LogP contribution < -0.4 is 0 Å². The molecule has 0 atom stereocenters. The first-order valence-corrected chi connectivity index (χ1v) is 9.05. The number of aromatic carboxylic acids is 6. The molecule has 0 saturated carbocycles. The van der Waals surface area contributed by atoms with E-state index in [1.54, 1.807) is 0 Å². The maximum Gasteiger partial charge on any atom is 0.338 e. The summed E-state index contributed by atoms with van der Waals surface area (Å²) in [6, 6.07) is 0.112. The summed E-state index contributed by atoms with van der Waals surface area (Å²) < 4.78 is 33.4. The molecule has 0 saturated heterocycles. The molecule has 15 nitrogen and oxygen atoms in total. The number of carbonyl (C=O) groups is 6. The highest BCUT2D eigenvalue weighted by molar-refractivity contribution is 7.86. The molecule has 2 aromatic rings. The normalized spacial score (nSPS) is 11.2. The van der Waals surface area contributed by atoms with Crippen molar-refractivity contribution in [2.75, 3.05) is 0 Å². The lowest BCUT2D eigenvalue weighted by Crippen LogP contribution is -2.23. The highest BCUT2D eigenvalue weighted by atomic mass is 32.2. The van der Waals surface area contributed by atoms with E-state index in [2.05, 4.69) is 0 Å². The summed E-state index contributed by atoms with van der Waals surface area (Å²) >= 11 is 0. The van der Waals surface area contributed by atoms with Crippen LogP contribution in [0.4, 0.5) is 0 Å². The Hall–Kier alpha value is -4.57. The summed E-state index contributed by atoms with van der Waals surface area (Å²) in [5, 5.41) is 53.6. The van der Waals surface area contributed by atoms with Gasteiger partial charge in [0.15, 0.2) is 0 Å². The number of fused-ring (bicyclic) bond motifs is 1. The Balaban J connectivity index is 3.70. The molecule has 0 aliphatic rings. The van der Waals surface area contributed by atoms with Gasteiger partial charge in [-0.05, 0) is 6.07 Å². The molecule has 2 rings (SSSR count). The van der Waals surface area contributed by atoms with E-state index in [-0.39, 0.29) is 6.07 Å². The first kappa shape index (κ1) is 23.7. The third kappa shape index (κ3) is 3.55. The standard InChI is InChI=1S/C16H8O15S/c17-11(18)3-1-2-4(6(13(21)22)5(3)12(19)20)7(14(23)24)8(15(25)26)9(16(27)28)10(2)32(29,30)31/h1H,(H,17,18)(H,19,20)(H,21,22)(H,23,24)(H,25,26)(H,27,28)(H,29,30,31). The van der Waals surface area contributed by atoms with Crippen LogP contribution in [0.3, 0.4) is 0 Å². The highest BCUT2D eigenvalue weighted by Crippen LogP contribution is 2.39. The first-order valence-electron chi connectivity index (χ1n) is 7.61. The van der Waals surface area contributed by atoms with Gasteiger partial charge in [-0.1, -0.05) is 0 Å². The van der Waals surface area contributed by atoms with Crippen molar-refractivity contribution in [3.8, 4) is 0 Å². The molecule has 0 fully saturated rings. The Kier molecular flexibility index (Phi) is 5.63. The highest BCUT2D eigenvalue weighted by Gasteiger charge is 2.39. The van der Waals surface area contributed by atoms with Gasteiger partial charge in [0, 0.05) is 10.8 Å². The van der Waals surface area contributed by atoms with Crippen LogP contribution in [0.25, 0.3) is 10.8 Å². The quantitative estimate of drug-likeness (QED) is 0.266. The summed E-state index contributed by atoms with van der Waals surface area (Å²) in [7, 11) is -5.79. The zero-order chi connectivity index (χ0) is 24.9. The van der Waals surface area contributed by atoms with Crippen LogP contribution in [0.2, 0.25) is 0 Å². The van der Waals surface area contributed by atoms with E-state index >= 15 is 0 Å². The fourth-order valence-corrected chi connectivity index (χ4v) is 4.01. The Morgan fingerprint density at radius 1 is 0.562 bits per heavy atom. The van der Waals surface area contributed by atoms with E-state index in [1.807, 2.05) is 0 Å². The fourth-order valence-electron chi connectivity index (χ4n) is 3.12. The minimum atomic E-state index is -5.79. The molecule has 0 aliphatic heterocycles. The lowest BCUT2D eigenvalue weighted by Gasteiger charge is -2.18. The van der Waals surface area contributed by atoms with Crippen molar-refractivity contribution in [3.63, 3.8) is 0 Å². The monoisotopic (exact) mass is 472 g/mol. The van der Waals surface area contributed by atoms with E-state index in [9.17, 15) is 72.4 Å². The number of carboxylic acids is 6. The van der Waals surface area contributed by atoms with Crippen molar-refractivity contribution in [1.82, 2.24) is 0 Å². The predicted octanol–water partition coefficient (Wildman–Crippen LogP) is 0.276. The van der Waals surface area contributed by atoms with Gasteiger partial charge < -0.3 is 30.6 Å². The zero-order valence-corrected chi connectivity index (χ0v) is 15.7. The molecule has 168 valence electrons. The van der Waals surface area contributed by atoms with Crippen molar-refractivity contribution in [2.45, 2.75) is 4.90 Å². The molecule has 0 radical (unpaired) electrons. The first-order chi connectivity index (χ1) is 14.5. The molecule has 0 aliphatic carbocycles. The van der Waals surface area contributed by atoms with Gasteiger partial charge in [0.2, 0.25) is 0 Å². The van der Waals surface area contributed by atoms with Crippen LogP contribution in [0.1, 0.15) is 62.1 Å². The topological polar surface area (TPSA) is 278 Å². The van der Waals surface area contributed by atoms with Gasteiger partial charge in [-0.15, -0.1) is 0 Å². The Labute approximate surface area is 174 Å². The molecule has 0 unspecified atom stereocenters. The van der Waals surface area contributed by atoms with Gasteiger partial charge in [-0.25, -0.2) is 28.8 Å². The Bertz CT molecular complexity index is 1380. The van der Waals surface area contributed by atoms with Crippen molar-refractivity contribution < 1.29 is 72.4 Å². The number of hydrogen-bond donors (Lipinski definition) is 7. The van der Waals surface area contributed by atoms with Gasteiger partial charge >= 0.3 is 35.8 Å². The van der Waals surface area contributed by atoms with E-state index in [0.29, 0.717) is 0 Å². The largest absolute Gasteiger partial charge is 0.478 e. The summed E-state index contributed by atoms with van der Waals surface area (Å²) in [6.07, 6.45) is 0. The van der Waals surface area contributed by atoms with Crippen LogP contribution in [0, 0.1) is 0 Å². The number of hydrogen-bond acceptors (Lipinski definition) is 8. The minimum Gasteiger partial charge on any atom is -0.478 e. The zero-order valence-electron chi connectivity index (χ0n) is 14.9. The van der Waals surface area contributed by atoms with Crippen LogP contribution >= 0.6 is 0 Å². The van der Waals surface area contributed by atoms with E-state index in [1.165, 1.54) is 0 Å². The van der Waals surface area contributed by atoms with Gasteiger partial charge in [0.05, 0.1) is 33.4 Å². The van der Waals surface area contributed by atoms with Gasteiger partial charge in [-0.3, -0.25) is 4.55 Å². The molecule has 0 aromatic heterocycles. The molecular weight excluding hydrogens is 464 g/mol. The van der Waals surface area contributed by atoms with Gasteiger partial charge in [-0.2, -0.15) is 8.42 Å². The lowest BCUT2D eigenvalue weighted by atomic mass is 9.86. The molecule has 7 N–H and O–H groups in total. The van der Waals surface area contributed by atoms with Crippen LogP contribution in [0.15, 0.2) is 11.0 Å². The third-order valence-corrected chi connectivity index (χ3v) is 5.05. The van der Waals surface area contributed by atoms with Crippen molar-refractivity contribution in [2.24, 2.45) is 0 Å². The van der Waals surface area contributed by atoms with Crippen molar-refractivity contribution in [1.29, 1.82) is 0 Å². The molecule has 32 heavy (non-hydrogen) atoms. The Morgan fingerprint density at radius 3 is 1.25 bits per heavy atom. The second kappa shape index (κ2) is 7.60. The van der Waals surface area contributed by atoms with Crippen LogP contribution in [-0.4, -0.2) is 79.4 Å². The van der Waals surface area contributed by atoms with E-state index in [0.717, 1.165) is 0 Å². The summed E-state index contributed by atoms with van der Waals surface area (Å²) in [5.41, 5.74) is -9.90. The maximum atomic E-state index is 11.9. The van der Waals surface area contributed by atoms with E-state index < -0.39 is 95.0 Å². The molecule has 0 bridgehead atoms. The second-order valence-corrected chi connectivity index (χ2v) is 7.22. The van der Waals surface area contributed by atoms with Gasteiger partial charge in [0.25, 0.3) is 10.1 Å².